The molecule has 0 aromatic heterocycles. The van der Waals surface area contributed by atoms with Gasteiger partial charge < -0.3 is 5.32 Å². The van der Waals surface area contributed by atoms with Gasteiger partial charge in [0.05, 0.1) is 0 Å². The standard InChI is InChI=1S/C14H22BN5/c1-10(2)14-19-12(7-13(17)20(14)18-3)11-5-4-6-15(8-11)9-16/h7,11,17-19H,4-6,8H2,1-3H3. The van der Waals surface area contributed by atoms with Crippen LogP contribution in [0.2, 0.25) is 12.6 Å². The number of hydrogen-bond acceptors (Lipinski definition) is 4. The summed E-state index contributed by atoms with van der Waals surface area (Å²) >= 11 is 0. The van der Waals surface area contributed by atoms with Gasteiger partial charge in [0.1, 0.15) is 11.7 Å². The van der Waals surface area contributed by atoms with Gasteiger partial charge in [-0.1, -0.05) is 19.1 Å². The van der Waals surface area contributed by atoms with Crippen molar-refractivity contribution in [1.29, 1.82) is 10.7 Å². The molecule has 2 rings (SSSR count). The maximum Gasteiger partial charge on any atom is 0.268 e. The molecular formula is C14H22BN5. The molecule has 0 spiro atoms. The molecular weight excluding hydrogens is 249 g/mol. The van der Waals surface area contributed by atoms with E-state index in [0.29, 0.717) is 11.8 Å². The highest BCUT2D eigenvalue weighted by molar-refractivity contribution is 6.67. The highest BCUT2D eigenvalue weighted by Gasteiger charge is 2.31. The molecule has 0 bridgehead atoms. The van der Waals surface area contributed by atoms with E-state index in [1.165, 1.54) is 0 Å². The molecule has 0 amide bonds. The van der Waals surface area contributed by atoms with Crippen molar-refractivity contribution in [2.45, 2.75) is 39.3 Å². The SMILES string of the molecule is CNN1C(=N)C=C(C2CCCB(C#N)C2)NC1=C(C)C. The minimum atomic E-state index is 0.156. The zero-order valence-electron chi connectivity index (χ0n) is 12.5. The Bertz CT molecular complexity index is 498. The maximum absolute atomic E-state index is 9.12. The second-order valence-electron chi connectivity index (χ2n) is 5.71. The normalized spacial score (nSPS) is 23.1. The first kappa shape index (κ1) is 14.7. The van der Waals surface area contributed by atoms with E-state index in [4.69, 9.17) is 10.7 Å². The van der Waals surface area contributed by atoms with Crippen LogP contribution in [0.25, 0.3) is 0 Å². The lowest BCUT2D eigenvalue weighted by molar-refractivity contribution is 0.370. The van der Waals surface area contributed by atoms with Crippen molar-refractivity contribution in [3.63, 3.8) is 0 Å². The van der Waals surface area contributed by atoms with E-state index < -0.39 is 0 Å². The third-order valence-electron chi connectivity index (χ3n) is 4.01. The zero-order chi connectivity index (χ0) is 14.7. The molecule has 1 atom stereocenters. The molecule has 1 fully saturated rings. The minimum absolute atomic E-state index is 0.156. The average Bonchev–Trinajstić information content (AvgIpc) is 2.46. The minimum Gasteiger partial charge on any atom is -0.344 e. The summed E-state index contributed by atoms with van der Waals surface area (Å²) in [5.74, 6) is 4.12. The third kappa shape index (κ3) is 2.88. The lowest BCUT2D eigenvalue weighted by Crippen LogP contribution is -2.48. The molecule has 1 unspecified atom stereocenters. The molecule has 0 aromatic rings. The van der Waals surface area contributed by atoms with Crippen LogP contribution in [0, 0.1) is 22.6 Å². The Morgan fingerprint density at radius 3 is 2.95 bits per heavy atom. The van der Waals surface area contributed by atoms with Crippen molar-refractivity contribution in [2.75, 3.05) is 7.05 Å². The summed E-state index contributed by atoms with van der Waals surface area (Å²) in [6, 6.07) is 0. The van der Waals surface area contributed by atoms with E-state index >= 15 is 0 Å². The number of allylic oxidation sites excluding steroid dienone is 2. The van der Waals surface area contributed by atoms with Crippen LogP contribution < -0.4 is 10.7 Å². The Morgan fingerprint density at radius 2 is 2.35 bits per heavy atom. The van der Waals surface area contributed by atoms with E-state index in [9.17, 15) is 0 Å². The molecule has 2 aliphatic heterocycles. The van der Waals surface area contributed by atoms with E-state index in [0.717, 1.165) is 42.6 Å². The number of rotatable bonds is 2. The second-order valence-corrected chi connectivity index (χ2v) is 5.71. The smallest absolute Gasteiger partial charge is 0.268 e. The highest BCUT2D eigenvalue weighted by Crippen LogP contribution is 2.31. The first-order valence-electron chi connectivity index (χ1n) is 7.18. The van der Waals surface area contributed by atoms with Gasteiger partial charge in [-0.3, -0.25) is 5.41 Å². The Hall–Kier alpha value is -1.74. The molecule has 0 radical (unpaired) electrons. The summed E-state index contributed by atoms with van der Waals surface area (Å²) in [5.41, 5.74) is 5.23. The molecule has 2 heterocycles. The highest BCUT2D eigenvalue weighted by atomic mass is 15.6. The summed E-state index contributed by atoms with van der Waals surface area (Å²) in [4.78, 5) is 0. The Kier molecular flexibility index (Phi) is 4.51. The molecule has 0 saturated carbocycles. The number of nitrogens with one attached hydrogen (secondary N) is 3. The van der Waals surface area contributed by atoms with Crippen LogP contribution >= 0.6 is 0 Å². The van der Waals surface area contributed by atoms with Crippen LogP contribution in [0.5, 0.6) is 0 Å². The predicted molar refractivity (Wildman–Crippen MR) is 81.9 cm³/mol. The zero-order valence-corrected chi connectivity index (χ0v) is 12.5. The summed E-state index contributed by atoms with van der Waals surface area (Å²) in [6.07, 6.45) is 5.98. The first-order chi connectivity index (χ1) is 9.56. The van der Waals surface area contributed by atoms with Crippen molar-refractivity contribution in [1.82, 2.24) is 15.8 Å². The summed E-state index contributed by atoms with van der Waals surface area (Å²) in [7, 11) is 1.81. The molecule has 5 nitrogen and oxygen atoms in total. The van der Waals surface area contributed by atoms with Gasteiger partial charge >= 0.3 is 0 Å². The van der Waals surface area contributed by atoms with Crippen molar-refractivity contribution in [2.24, 2.45) is 5.92 Å². The quantitative estimate of drug-likeness (QED) is 0.672. The maximum atomic E-state index is 9.12. The Labute approximate surface area is 121 Å². The van der Waals surface area contributed by atoms with Crippen molar-refractivity contribution in [3.8, 4) is 5.97 Å². The lowest BCUT2D eigenvalue weighted by atomic mass is 9.40. The third-order valence-corrected chi connectivity index (χ3v) is 4.01. The number of hydrazine groups is 1. The largest absolute Gasteiger partial charge is 0.344 e. The van der Waals surface area contributed by atoms with E-state index in [1.54, 1.807) is 5.01 Å². The molecule has 0 aliphatic carbocycles. The van der Waals surface area contributed by atoms with Gasteiger partial charge in [-0.15, -0.1) is 0 Å². The summed E-state index contributed by atoms with van der Waals surface area (Å²) in [6.45, 7) is 4.21. The van der Waals surface area contributed by atoms with Gasteiger partial charge in [0, 0.05) is 24.8 Å². The van der Waals surface area contributed by atoms with Gasteiger partial charge in [0.15, 0.2) is 0 Å². The fourth-order valence-corrected chi connectivity index (χ4v) is 2.95. The van der Waals surface area contributed by atoms with E-state index in [-0.39, 0.29) is 6.71 Å². The van der Waals surface area contributed by atoms with Gasteiger partial charge in [-0.2, -0.15) is 0 Å². The van der Waals surface area contributed by atoms with Crippen molar-refractivity contribution < 1.29 is 0 Å². The van der Waals surface area contributed by atoms with Gasteiger partial charge in [0.25, 0.3) is 6.71 Å². The molecule has 0 aromatic carbocycles. The fourth-order valence-electron chi connectivity index (χ4n) is 2.95. The average molecular weight is 271 g/mol. The molecule has 2 aliphatic rings. The molecule has 3 N–H and O–H groups in total. The lowest BCUT2D eigenvalue weighted by Gasteiger charge is -2.36. The molecule has 106 valence electrons. The monoisotopic (exact) mass is 271 g/mol. The molecule has 20 heavy (non-hydrogen) atoms. The van der Waals surface area contributed by atoms with Crippen molar-refractivity contribution >= 4 is 12.5 Å². The summed E-state index contributed by atoms with van der Waals surface area (Å²) in [5, 5.41) is 22.5. The van der Waals surface area contributed by atoms with E-state index in [2.05, 4.69) is 16.7 Å². The fraction of sp³-hybridized carbons (Fsp3) is 0.571. The Balaban J connectivity index is 2.23. The Morgan fingerprint density at radius 1 is 1.60 bits per heavy atom. The predicted octanol–water partition coefficient (Wildman–Crippen LogP) is 2.11. The first-order valence-corrected chi connectivity index (χ1v) is 7.18. The van der Waals surface area contributed by atoms with Crippen LogP contribution in [0.15, 0.2) is 23.2 Å². The van der Waals surface area contributed by atoms with E-state index in [1.807, 2.05) is 27.0 Å². The topological polar surface area (TPSA) is 74.9 Å². The van der Waals surface area contributed by atoms with Gasteiger partial charge in [-0.05, 0) is 31.8 Å². The number of nitrogens with zero attached hydrogens (tertiary/aromatic N) is 2. The summed E-state index contributed by atoms with van der Waals surface area (Å²) < 4.78 is 0. The number of hydrogen-bond donors (Lipinski definition) is 3. The number of nitriles is 1. The van der Waals surface area contributed by atoms with Gasteiger partial charge in [0.2, 0.25) is 0 Å². The number of amidine groups is 1. The van der Waals surface area contributed by atoms with Crippen LogP contribution in [-0.2, 0) is 0 Å². The molecule has 1 saturated heterocycles. The van der Waals surface area contributed by atoms with Gasteiger partial charge in [-0.25, -0.2) is 15.7 Å². The van der Waals surface area contributed by atoms with Crippen LogP contribution in [-0.4, -0.2) is 24.6 Å². The van der Waals surface area contributed by atoms with Crippen LogP contribution in [0.3, 0.4) is 0 Å². The van der Waals surface area contributed by atoms with Crippen LogP contribution in [0.4, 0.5) is 0 Å². The molecule has 6 heteroatoms. The van der Waals surface area contributed by atoms with Crippen LogP contribution in [0.1, 0.15) is 26.7 Å². The van der Waals surface area contributed by atoms with Crippen molar-refractivity contribution in [3.05, 3.63) is 23.2 Å². The second kappa shape index (κ2) is 6.14.